The molecule has 1 aliphatic rings. The zero-order chi connectivity index (χ0) is 16.4. The van der Waals surface area contributed by atoms with Crippen molar-refractivity contribution < 1.29 is 14.3 Å². The zero-order valence-corrected chi connectivity index (χ0v) is 13.5. The summed E-state index contributed by atoms with van der Waals surface area (Å²) in [6, 6.07) is 5.94. The van der Waals surface area contributed by atoms with Gasteiger partial charge >= 0.3 is 5.97 Å². The van der Waals surface area contributed by atoms with Crippen molar-refractivity contribution in [3.63, 3.8) is 0 Å². The molecule has 120 valence electrons. The van der Waals surface area contributed by atoms with E-state index in [1.807, 2.05) is 23.1 Å². The molecule has 2 heterocycles. The molecule has 2 aromatic rings. The standard InChI is InChI=1S/C17H19N3O3/c1-4-23-16(21)13-10-18-17(19-11(13)2)20-9-8-12-14(20)6-5-7-15(12)22-3/h5-7,10H,4,8-9H2,1-3H3. The molecule has 0 atom stereocenters. The van der Waals surface area contributed by atoms with E-state index in [1.165, 1.54) is 6.20 Å². The molecule has 0 radical (unpaired) electrons. The number of carbonyl (C=O) groups is 1. The van der Waals surface area contributed by atoms with Crippen LogP contribution in [-0.2, 0) is 11.2 Å². The van der Waals surface area contributed by atoms with Gasteiger partial charge in [0.05, 0.1) is 30.7 Å². The maximum atomic E-state index is 11.8. The van der Waals surface area contributed by atoms with Crippen LogP contribution in [0, 0.1) is 6.92 Å². The molecule has 6 nitrogen and oxygen atoms in total. The van der Waals surface area contributed by atoms with Gasteiger partial charge in [0.1, 0.15) is 5.75 Å². The minimum Gasteiger partial charge on any atom is -0.496 e. The third-order valence-electron chi connectivity index (χ3n) is 3.91. The van der Waals surface area contributed by atoms with Crippen molar-refractivity contribution in [1.82, 2.24) is 9.97 Å². The van der Waals surface area contributed by atoms with Crippen molar-refractivity contribution in [2.24, 2.45) is 0 Å². The number of anilines is 2. The number of methoxy groups -OCH3 is 1. The van der Waals surface area contributed by atoms with Crippen molar-refractivity contribution in [2.45, 2.75) is 20.3 Å². The Balaban J connectivity index is 1.94. The molecule has 1 aromatic heterocycles. The van der Waals surface area contributed by atoms with E-state index in [-0.39, 0.29) is 5.97 Å². The van der Waals surface area contributed by atoms with Crippen LogP contribution in [0.25, 0.3) is 0 Å². The van der Waals surface area contributed by atoms with E-state index in [9.17, 15) is 4.79 Å². The second-order valence-electron chi connectivity index (χ2n) is 5.25. The first-order valence-corrected chi connectivity index (χ1v) is 7.60. The highest BCUT2D eigenvalue weighted by molar-refractivity contribution is 5.90. The van der Waals surface area contributed by atoms with Gasteiger partial charge in [-0.15, -0.1) is 0 Å². The SMILES string of the molecule is CCOC(=O)c1cnc(N2CCc3c(OC)cccc32)nc1C. The minimum atomic E-state index is -0.389. The first-order valence-electron chi connectivity index (χ1n) is 7.60. The number of hydrogen-bond acceptors (Lipinski definition) is 6. The Labute approximate surface area is 135 Å². The maximum absolute atomic E-state index is 11.8. The first kappa shape index (κ1) is 15.3. The van der Waals surface area contributed by atoms with Gasteiger partial charge in [-0.3, -0.25) is 0 Å². The Morgan fingerprint density at radius 3 is 2.91 bits per heavy atom. The average molecular weight is 313 g/mol. The molecule has 1 aromatic carbocycles. The fourth-order valence-corrected chi connectivity index (χ4v) is 2.80. The number of aromatic nitrogens is 2. The average Bonchev–Trinajstić information content (AvgIpc) is 2.98. The monoisotopic (exact) mass is 313 g/mol. The van der Waals surface area contributed by atoms with E-state index in [4.69, 9.17) is 9.47 Å². The van der Waals surface area contributed by atoms with Crippen LogP contribution >= 0.6 is 0 Å². The molecule has 0 bridgehead atoms. The zero-order valence-electron chi connectivity index (χ0n) is 13.5. The molecular weight excluding hydrogens is 294 g/mol. The summed E-state index contributed by atoms with van der Waals surface area (Å²) in [5.74, 6) is 1.08. The predicted octanol–water partition coefficient (Wildman–Crippen LogP) is 2.66. The summed E-state index contributed by atoms with van der Waals surface area (Å²) in [6.07, 6.45) is 2.41. The predicted molar refractivity (Wildman–Crippen MR) is 86.4 cm³/mol. The third kappa shape index (κ3) is 2.72. The highest BCUT2D eigenvalue weighted by Gasteiger charge is 2.26. The fourth-order valence-electron chi connectivity index (χ4n) is 2.80. The molecule has 0 saturated heterocycles. The van der Waals surface area contributed by atoms with Gasteiger partial charge in [0.25, 0.3) is 0 Å². The molecule has 0 fully saturated rings. The van der Waals surface area contributed by atoms with Crippen molar-refractivity contribution in [3.8, 4) is 5.75 Å². The summed E-state index contributed by atoms with van der Waals surface area (Å²) >= 11 is 0. The van der Waals surface area contributed by atoms with Crippen LogP contribution in [0.2, 0.25) is 0 Å². The second-order valence-corrected chi connectivity index (χ2v) is 5.25. The largest absolute Gasteiger partial charge is 0.496 e. The van der Waals surface area contributed by atoms with Gasteiger partial charge in [-0.05, 0) is 32.4 Å². The first-order chi connectivity index (χ1) is 11.2. The van der Waals surface area contributed by atoms with E-state index in [1.54, 1.807) is 21.0 Å². The van der Waals surface area contributed by atoms with Crippen LogP contribution in [0.4, 0.5) is 11.6 Å². The number of ether oxygens (including phenoxy) is 2. The lowest BCUT2D eigenvalue weighted by Crippen LogP contribution is -2.18. The van der Waals surface area contributed by atoms with Crippen LogP contribution in [0.1, 0.15) is 28.5 Å². The van der Waals surface area contributed by atoms with Crippen molar-refractivity contribution in [1.29, 1.82) is 0 Å². The summed E-state index contributed by atoms with van der Waals surface area (Å²) in [6.45, 7) is 4.68. The number of benzene rings is 1. The van der Waals surface area contributed by atoms with Gasteiger partial charge < -0.3 is 14.4 Å². The lowest BCUT2D eigenvalue weighted by molar-refractivity contribution is 0.0524. The van der Waals surface area contributed by atoms with E-state index >= 15 is 0 Å². The lowest BCUT2D eigenvalue weighted by Gasteiger charge is -2.18. The van der Waals surface area contributed by atoms with E-state index in [0.717, 1.165) is 30.0 Å². The van der Waals surface area contributed by atoms with Gasteiger partial charge in [-0.1, -0.05) is 6.07 Å². The molecule has 6 heteroatoms. The molecule has 0 aliphatic carbocycles. The van der Waals surface area contributed by atoms with Crippen molar-refractivity contribution in [3.05, 3.63) is 41.2 Å². The summed E-state index contributed by atoms with van der Waals surface area (Å²) < 4.78 is 10.4. The highest BCUT2D eigenvalue weighted by Crippen LogP contribution is 2.38. The maximum Gasteiger partial charge on any atom is 0.341 e. The topological polar surface area (TPSA) is 64.5 Å². The molecule has 3 rings (SSSR count). The quantitative estimate of drug-likeness (QED) is 0.809. The van der Waals surface area contributed by atoms with Crippen LogP contribution in [0.5, 0.6) is 5.75 Å². The molecule has 0 unspecified atom stereocenters. The van der Waals surface area contributed by atoms with E-state index in [2.05, 4.69) is 9.97 Å². The number of aryl methyl sites for hydroxylation is 1. The minimum absolute atomic E-state index is 0.333. The van der Waals surface area contributed by atoms with E-state index in [0.29, 0.717) is 23.8 Å². The number of rotatable bonds is 4. The molecule has 0 N–H and O–H groups in total. The van der Waals surface area contributed by atoms with Gasteiger partial charge in [0.2, 0.25) is 5.95 Å². The summed E-state index contributed by atoms with van der Waals surface area (Å²) in [7, 11) is 1.67. The normalized spacial score (nSPS) is 12.9. The van der Waals surface area contributed by atoms with Gasteiger partial charge in [0.15, 0.2) is 0 Å². The molecule has 0 amide bonds. The summed E-state index contributed by atoms with van der Waals surface area (Å²) in [4.78, 5) is 22.7. The number of nitrogens with zero attached hydrogens (tertiary/aromatic N) is 3. The molecule has 23 heavy (non-hydrogen) atoms. The van der Waals surface area contributed by atoms with Gasteiger partial charge in [-0.2, -0.15) is 0 Å². The van der Waals surface area contributed by atoms with Crippen molar-refractivity contribution >= 4 is 17.6 Å². The second kappa shape index (κ2) is 6.24. The fraction of sp³-hybridized carbons (Fsp3) is 0.353. The van der Waals surface area contributed by atoms with Crippen LogP contribution < -0.4 is 9.64 Å². The number of esters is 1. The molecular formula is C17H19N3O3. The third-order valence-corrected chi connectivity index (χ3v) is 3.91. The van der Waals surface area contributed by atoms with Crippen LogP contribution in [0.3, 0.4) is 0 Å². The smallest absolute Gasteiger partial charge is 0.341 e. The summed E-state index contributed by atoms with van der Waals surface area (Å²) in [5, 5.41) is 0. The van der Waals surface area contributed by atoms with E-state index < -0.39 is 0 Å². The van der Waals surface area contributed by atoms with Crippen LogP contribution in [-0.4, -0.2) is 36.2 Å². The Hall–Kier alpha value is -2.63. The van der Waals surface area contributed by atoms with Crippen LogP contribution in [0.15, 0.2) is 24.4 Å². The highest BCUT2D eigenvalue weighted by atomic mass is 16.5. The molecule has 1 aliphatic heterocycles. The van der Waals surface area contributed by atoms with Crippen molar-refractivity contribution in [2.75, 3.05) is 25.2 Å². The molecule has 0 spiro atoms. The Morgan fingerprint density at radius 2 is 2.22 bits per heavy atom. The van der Waals surface area contributed by atoms with Gasteiger partial charge in [0, 0.05) is 18.3 Å². The Bertz CT molecular complexity index is 746. The lowest BCUT2D eigenvalue weighted by atomic mass is 10.1. The Kier molecular flexibility index (Phi) is 4.14. The number of carbonyl (C=O) groups excluding carboxylic acids is 1. The number of fused-ring (bicyclic) bond motifs is 1. The number of hydrogen-bond donors (Lipinski definition) is 0. The van der Waals surface area contributed by atoms with Gasteiger partial charge in [-0.25, -0.2) is 14.8 Å². The summed E-state index contributed by atoms with van der Waals surface area (Å²) in [5.41, 5.74) is 3.23. The Morgan fingerprint density at radius 1 is 1.39 bits per heavy atom. The molecule has 0 saturated carbocycles.